The first-order valence-electron chi connectivity index (χ1n) is 6.90. The molecule has 0 aromatic heterocycles. The lowest BCUT2D eigenvalue weighted by atomic mass is 9.92. The number of benzene rings is 3. The van der Waals surface area contributed by atoms with Crippen LogP contribution in [0.4, 0.5) is 0 Å². The normalized spacial score (nSPS) is 12.1. The quantitative estimate of drug-likeness (QED) is 0.442. The Hall–Kier alpha value is -2.34. The first-order valence-corrected chi connectivity index (χ1v) is 6.90. The number of rotatable bonds is 1. The third-order valence-electron chi connectivity index (χ3n) is 3.95. The van der Waals surface area contributed by atoms with Crippen molar-refractivity contribution in [3.8, 4) is 22.3 Å². The van der Waals surface area contributed by atoms with Crippen LogP contribution in [0, 0.1) is 13.3 Å². The minimum absolute atomic E-state index is 1.20. The van der Waals surface area contributed by atoms with Gasteiger partial charge in [-0.15, -0.1) is 0 Å². The van der Waals surface area contributed by atoms with E-state index in [1.165, 1.54) is 38.9 Å². The van der Waals surface area contributed by atoms with E-state index in [0.717, 1.165) is 0 Å². The highest BCUT2D eigenvalue weighted by Gasteiger charge is 2.22. The fourth-order valence-electron chi connectivity index (χ4n) is 3.00. The van der Waals surface area contributed by atoms with Crippen LogP contribution in [-0.2, 0) is 0 Å². The molecule has 0 bridgehead atoms. The molecular formula is C20H14. The van der Waals surface area contributed by atoms with E-state index < -0.39 is 0 Å². The van der Waals surface area contributed by atoms with E-state index >= 15 is 0 Å². The number of hydrogen-bond donors (Lipinski definition) is 0. The lowest BCUT2D eigenvalue weighted by Crippen LogP contribution is -1.90. The van der Waals surface area contributed by atoms with E-state index in [4.69, 9.17) is 0 Å². The Morgan fingerprint density at radius 1 is 0.700 bits per heavy atom. The summed E-state index contributed by atoms with van der Waals surface area (Å²) in [4.78, 5) is 0. The lowest BCUT2D eigenvalue weighted by Gasteiger charge is -2.12. The van der Waals surface area contributed by atoms with E-state index in [2.05, 4.69) is 80.1 Å². The molecule has 0 atom stereocenters. The second-order valence-electron chi connectivity index (χ2n) is 5.22. The van der Waals surface area contributed by atoms with Crippen molar-refractivity contribution in [3.05, 3.63) is 89.8 Å². The van der Waals surface area contributed by atoms with Gasteiger partial charge in [-0.25, -0.2) is 0 Å². The molecule has 1 aliphatic rings. The first-order chi connectivity index (χ1) is 9.84. The van der Waals surface area contributed by atoms with Gasteiger partial charge in [0, 0.05) is 0 Å². The summed E-state index contributed by atoms with van der Waals surface area (Å²) >= 11 is 0. The van der Waals surface area contributed by atoms with Gasteiger partial charge in [-0.3, -0.25) is 0 Å². The van der Waals surface area contributed by atoms with Crippen LogP contribution >= 0.6 is 0 Å². The van der Waals surface area contributed by atoms with Gasteiger partial charge >= 0.3 is 0 Å². The molecule has 0 saturated heterocycles. The highest BCUT2D eigenvalue weighted by atomic mass is 14.3. The molecule has 3 aromatic rings. The van der Waals surface area contributed by atoms with E-state index in [9.17, 15) is 0 Å². The maximum atomic E-state index is 3.59. The molecule has 94 valence electrons. The SMILES string of the molecule is Cc1ccc2c(c1-c1ccccc1)[C]c1ccccc1-2. The van der Waals surface area contributed by atoms with Crippen molar-refractivity contribution in [1.82, 2.24) is 0 Å². The summed E-state index contributed by atoms with van der Waals surface area (Å²) in [5, 5.41) is 0. The lowest BCUT2D eigenvalue weighted by molar-refractivity contribution is 1.42. The molecule has 4 rings (SSSR count). The molecule has 0 fully saturated rings. The van der Waals surface area contributed by atoms with Crippen LogP contribution in [0.3, 0.4) is 0 Å². The van der Waals surface area contributed by atoms with Crippen LogP contribution in [0.2, 0.25) is 0 Å². The number of aryl methyl sites for hydroxylation is 1. The zero-order valence-corrected chi connectivity index (χ0v) is 11.4. The third-order valence-corrected chi connectivity index (χ3v) is 3.95. The summed E-state index contributed by atoms with van der Waals surface area (Å²) in [5.74, 6) is 0. The average Bonchev–Trinajstić information content (AvgIpc) is 2.86. The molecular weight excluding hydrogens is 240 g/mol. The van der Waals surface area contributed by atoms with Crippen LogP contribution in [0.15, 0.2) is 66.7 Å². The zero-order chi connectivity index (χ0) is 13.5. The summed E-state index contributed by atoms with van der Waals surface area (Å²) in [6.07, 6.45) is 3.59. The second kappa shape index (κ2) is 4.35. The van der Waals surface area contributed by atoms with Gasteiger partial charge in [0.2, 0.25) is 0 Å². The third kappa shape index (κ3) is 1.61. The Labute approximate surface area is 119 Å². The highest BCUT2D eigenvalue weighted by molar-refractivity contribution is 5.89. The summed E-state index contributed by atoms with van der Waals surface area (Å²) < 4.78 is 0. The molecule has 0 heteroatoms. The topological polar surface area (TPSA) is 0 Å². The molecule has 0 spiro atoms. The second-order valence-corrected chi connectivity index (χ2v) is 5.22. The van der Waals surface area contributed by atoms with Crippen LogP contribution < -0.4 is 0 Å². The molecule has 0 nitrogen and oxygen atoms in total. The van der Waals surface area contributed by atoms with Crippen LogP contribution in [0.1, 0.15) is 16.7 Å². The van der Waals surface area contributed by atoms with Gasteiger partial charge < -0.3 is 0 Å². The minimum Gasteiger partial charge on any atom is -0.0622 e. The summed E-state index contributed by atoms with van der Waals surface area (Å²) in [6.45, 7) is 2.17. The van der Waals surface area contributed by atoms with Crippen molar-refractivity contribution in [2.45, 2.75) is 6.92 Å². The predicted octanol–water partition coefficient (Wildman–Crippen LogP) is 5.12. The molecule has 20 heavy (non-hydrogen) atoms. The van der Waals surface area contributed by atoms with Crippen molar-refractivity contribution in [2.24, 2.45) is 0 Å². The molecule has 3 aromatic carbocycles. The summed E-state index contributed by atoms with van der Waals surface area (Å²) in [7, 11) is 0. The predicted molar refractivity (Wildman–Crippen MR) is 83.5 cm³/mol. The number of hydrogen-bond acceptors (Lipinski definition) is 0. The van der Waals surface area contributed by atoms with Gasteiger partial charge in [-0.2, -0.15) is 0 Å². The Bertz CT molecular complexity index is 782. The first kappa shape index (κ1) is 11.5. The average molecular weight is 254 g/mol. The Kier molecular flexibility index (Phi) is 2.50. The van der Waals surface area contributed by atoms with Crippen molar-refractivity contribution in [1.29, 1.82) is 0 Å². The van der Waals surface area contributed by atoms with E-state index in [-0.39, 0.29) is 0 Å². The molecule has 0 heterocycles. The van der Waals surface area contributed by atoms with Crippen molar-refractivity contribution >= 4 is 0 Å². The van der Waals surface area contributed by atoms with Gasteiger partial charge in [0.25, 0.3) is 0 Å². The molecule has 0 saturated carbocycles. The van der Waals surface area contributed by atoms with Gasteiger partial charge in [-0.05, 0) is 45.9 Å². The maximum absolute atomic E-state index is 3.59. The Balaban J connectivity index is 2.00. The van der Waals surface area contributed by atoms with Crippen molar-refractivity contribution in [2.75, 3.05) is 0 Å². The minimum atomic E-state index is 1.20. The van der Waals surface area contributed by atoms with Crippen LogP contribution in [0.25, 0.3) is 22.3 Å². The standard InChI is InChI=1S/C20H14/c1-14-11-12-18-17-10-6-5-9-16(17)13-19(18)20(14)15-7-3-2-4-8-15/h2-12H,1H3. The smallest absolute Gasteiger partial charge is 0.0521 e. The van der Waals surface area contributed by atoms with Crippen LogP contribution in [-0.4, -0.2) is 0 Å². The molecule has 0 aliphatic heterocycles. The zero-order valence-electron chi connectivity index (χ0n) is 11.4. The summed E-state index contributed by atoms with van der Waals surface area (Å²) in [6, 6.07) is 23.5. The molecule has 1 aliphatic carbocycles. The van der Waals surface area contributed by atoms with Crippen LogP contribution in [0.5, 0.6) is 0 Å². The molecule has 2 radical (unpaired) electrons. The fraction of sp³-hybridized carbons (Fsp3) is 0.0500. The van der Waals surface area contributed by atoms with Gasteiger partial charge in [0.05, 0.1) is 6.42 Å². The molecule has 0 amide bonds. The molecule has 0 unspecified atom stereocenters. The Morgan fingerprint density at radius 2 is 1.45 bits per heavy atom. The summed E-state index contributed by atoms with van der Waals surface area (Å²) in [5.41, 5.74) is 8.89. The van der Waals surface area contributed by atoms with E-state index in [0.29, 0.717) is 0 Å². The largest absolute Gasteiger partial charge is 0.0622 e. The Morgan fingerprint density at radius 3 is 2.30 bits per heavy atom. The maximum Gasteiger partial charge on any atom is 0.0521 e. The van der Waals surface area contributed by atoms with Crippen molar-refractivity contribution < 1.29 is 0 Å². The van der Waals surface area contributed by atoms with Gasteiger partial charge in [0.1, 0.15) is 0 Å². The molecule has 0 N–H and O–H groups in total. The van der Waals surface area contributed by atoms with Gasteiger partial charge in [-0.1, -0.05) is 66.7 Å². The fourth-order valence-corrected chi connectivity index (χ4v) is 3.00. The van der Waals surface area contributed by atoms with Gasteiger partial charge in [0.15, 0.2) is 0 Å². The van der Waals surface area contributed by atoms with E-state index in [1.54, 1.807) is 0 Å². The number of fused-ring (bicyclic) bond motifs is 3. The van der Waals surface area contributed by atoms with E-state index in [1.807, 2.05) is 0 Å². The monoisotopic (exact) mass is 254 g/mol. The van der Waals surface area contributed by atoms with Crippen molar-refractivity contribution in [3.63, 3.8) is 0 Å². The highest BCUT2D eigenvalue weighted by Crippen LogP contribution is 2.43.